The van der Waals surface area contributed by atoms with Gasteiger partial charge in [0.25, 0.3) is 5.91 Å². The van der Waals surface area contributed by atoms with Crippen molar-refractivity contribution in [3.8, 4) is 17.6 Å². The molecule has 0 saturated carbocycles. The Labute approximate surface area is 216 Å². The van der Waals surface area contributed by atoms with Crippen molar-refractivity contribution in [3.63, 3.8) is 0 Å². The van der Waals surface area contributed by atoms with Crippen molar-refractivity contribution >= 4 is 62.0 Å². The molecule has 1 amide bonds. The first-order valence-corrected chi connectivity index (χ1v) is 12.7. The number of carbonyl (C=O) groups excluding carboxylic acids is 1. The van der Waals surface area contributed by atoms with Crippen LogP contribution in [0.25, 0.3) is 6.08 Å². The molecule has 10 heteroatoms. The Morgan fingerprint density at radius 1 is 1.15 bits per heavy atom. The van der Waals surface area contributed by atoms with E-state index in [2.05, 4.69) is 5.32 Å². The fourth-order valence-electron chi connectivity index (χ4n) is 2.84. The van der Waals surface area contributed by atoms with Crippen molar-refractivity contribution in [1.29, 1.82) is 5.26 Å². The third kappa shape index (κ3) is 6.50. The van der Waals surface area contributed by atoms with Crippen LogP contribution in [0.4, 0.5) is 5.69 Å². The summed E-state index contributed by atoms with van der Waals surface area (Å²) in [4.78, 5) is 12.6. The zero-order valence-electron chi connectivity index (χ0n) is 17.8. The largest absolute Gasteiger partial charge is 0.490 e. The zero-order valence-corrected chi connectivity index (χ0v) is 21.5. The van der Waals surface area contributed by atoms with Gasteiger partial charge < -0.3 is 14.2 Å². The van der Waals surface area contributed by atoms with Crippen LogP contribution < -0.4 is 14.2 Å². The van der Waals surface area contributed by atoms with Crippen LogP contribution >= 0.6 is 34.2 Å². The van der Waals surface area contributed by atoms with Gasteiger partial charge >= 0.3 is 10.1 Å². The highest BCUT2D eigenvalue weighted by Crippen LogP contribution is 2.37. The van der Waals surface area contributed by atoms with Gasteiger partial charge in [-0.3, -0.25) is 4.79 Å². The van der Waals surface area contributed by atoms with Gasteiger partial charge in [-0.05, 0) is 83.6 Å². The highest BCUT2D eigenvalue weighted by molar-refractivity contribution is 14.1. The summed E-state index contributed by atoms with van der Waals surface area (Å²) in [7, 11) is -4.10. The molecule has 0 aromatic heterocycles. The maximum atomic E-state index is 12.7. The lowest BCUT2D eigenvalue weighted by molar-refractivity contribution is -0.112. The molecule has 0 saturated heterocycles. The smallest absolute Gasteiger partial charge is 0.339 e. The predicted octanol–water partition coefficient (Wildman–Crippen LogP) is 5.66. The lowest BCUT2D eigenvalue weighted by atomic mass is 10.1. The van der Waals surface area contributed by atoms with Crippen molar-refractivity contribution in [1.82, 2.24) is 0 Å². The Bertz CT molecular complexity index is 1390. The lowest BCUT2D eigenvalue weighted by Crippen LogP contribution is -2.13. The van der Waals surface area contributed by atoms with E-state index in [9.17, 15) is 18.5 Å². The molecule has 0 heterocycles. The fourth-order valence-corrected chi connectivity index (χ4v) is 4.89. The van der Waals surface area contributed by atoms with Crippen molar-refractivity contribution in [2.75, 3.05) is 11.9 Å². The summed E-state index contributed by atoms with van der Waals surface area (Å²) in [6.07, 6.45) is 1.38. The summed E-state index contributed by atoms with van der Waals surface area (Å²) in [6, 6.07) is 19.3. The number of carbonyl (C=O) groups is 1. The molecule has 0 atom stereocenters. The molecule has 0 aliphatic rings. The van der Waals surface area contributed by atoms with Gasteiger partial charge in [-0.15, -0.1) is 0 Å². The second kappa shape index (κ2) is 11.4. The molecule has 174 valence electrons. The normalized spacial score (nSPS) is 11.4. The summed E-state index contributed by atoms with van der Waals surface area (Å²) >= 11 is 7.85. The number of benzene rings is 3. The van der Waals surface area contributed by atoms with Crippen LogP contribution in [-0.2, 0) is 14.9 Å². The van der Waals surface area contributed by atoms with Crippen molar-refractivity contribution < 1.29 is 22.1 Å². The van der Waals surface area contributed by atoms with Crippen LogP contribution in [0, 0.1) is 14.9 Å². The minimum absolute atomic E-state index is 0.00155. The van der Waals surface area contributed by atoms with Crippen LogP contribution in [-0.4, -0.2) is 20.9 Å². The van der Waals surface area contributed by atoms with E-state index in [4.69, 9.17) is 20.5 Å². The van der Waals surface area contributed by atoms with E-state index in [0.717, 1.165) is 0 Å². The number of halogens is 2. The summed E-state index contributed by atoms with van der Waals surface area (Å²) in [5.74, 6) is -0.442. The molecule has 7 nitrogen and oxygen atoms in total. The number of amides is 1. The molecule has 3 aromatic rings. The Morgan fingerprint density at radius 2 is 1.88 bits per heavy atom. The van der Waals surface area contributed by atoms with E-state index in [-0.39, 0.29) is 28.6 Å². The number of anilines is 1. The highest BCUT2D eigenvalue weighted by atomic mass is 127. The van der Waals surface area contributed by atoms with Crippen molar-refractivity contribution in [2.45, 2.75) is 11.8 Å². The van der Waals surface area contributed by atoms with Gasteiger partial charge in [0.1, 0.15) is 16.5 Å². The number of hydrogen-bond donors (Lipinski definition) is 1. The molecule has 1 N–H and O–H groups in total. The monoisotopic (exact) mass is 608 g/mol. The summed E-state index contributed by atoms with van der Waals surface area (Å²) in [6.45, 7) is 1.98. The second-order valence-corrected chi connectivity index (χ2v) is 9.89. The first-order chi connectivity index (χ1) is 16.2. The number of nitrogens with zero attached hydrogens (tertiary/aromatic N) is 1. The van der Waals surface area contributed by atoms with Gasteiger partial charge in [0.05, 0.1) is 10.2 Å². The van der Waals surface area contributed by atoms with E-state index in [1.165, 1.54) is 24.3 Å². The van der Waals surface area contributed by atoms with Gasteiger partial charge in [-0.25, -0.2) is 0 Å². The first-order valence-electron chi connectivity index (χ1n) is 9.88. The van der Waals surface area contributed by atoms with Gasteiger partial charge in [0.15, 0.2) is 11.5 Å². The van der Waals surface area contributed by atoms with Crippen molar-refractivity contribution in [3.05, 3.63) is 86.5 Å². The maximum absolute atomic E-state index is 12.7. The average Bonchev–Trinajstić information content (AvgIpc) is 2.80. The molecule has 3 rings (SSSR count). The Morgan fingerprint density at radius 3 is 2.53 bits per heavy atom. The summed E-state index contributed by atoms with van der Waals surface area (Å²) in [5.41, 5.74) is 0.733. The van der Waals surface area contributed by atoms with Gasteiger partial charge in [0, 0.05) is 10.7 Å². The summed E-state index contributed by atoms with van der Waals surface area (Å²) in [5, 5.41) is 12.6. The maximum Gasteiger partial charge on any atom is 0.339 e. The zero-order chi connectivity index (χ0) is 24.7. The van der Waals surface area contributed by atoms with Crippen molar-refractivity contribution in [2.24, 2.45) is 0 Å². The number of nitriles is 1. The van der Waals surface area contributed by atoms with E-state index in [1.807, 2.05) is 28.7 Å². The lowest BCUT2D eigenvalue weighted by Gasteiger charge is -2.14. The molecule has 34 heavy (non-hydrogen) atoms. The second-order valence-electron chi connectivity index (χ2n) is 6.75. The Kier molecular flexibility index (Phi) is 8.55. The van der Waals surface area contributed by atoms with Crippen LogP contribution in [0.2, 0.25) is 5.02 Å². The third-order valence-corrected chi connectivity index (χ3v) is 6.59. The highest BCUT2D eigenvalue weighted by Gasteiger charge is 2.22. The quantitative estimate of drug-likeness (QED) is 0.153. The van der Waals surface area contributed by atoms with Crippen LogP contribution in [0.15, 0.2) is 77.2 Å². The Balaban J connectivity index is 1.94. The average molecular weight is 609 g/mol. The molecule has 0 fully saturated rings. The standard InChI is InChI=1S/C24H18ClIN2O5S/c1-2-32-22-13-16(11-17(15-27)24(29)28-19-8-6-7-18(25)14-19)12-21(26)23(22)33-34(30,31)20-9-4-3-5-10-20/h3-14H,2H2,1H3,(H,28,29)/b17-11+. The van der Waals surface area contributed by atoms with E-state index >= 15 is 0 Å². The Hall–Kier alpha value is -3.07. The molecule has 0 spiro atoms. The SMILES string of the molecule is CCOc1cc(/C=C(\C#N)C(=O)Nc2cccc(Cl)c2)cc(I)c1OS(=O)(=O)c1ccccc1. The number of hydrogen-bond acceptors (Lipinski definition) is 6. The first kappa shape index (κ1) is 25.6. The van der Waals surface area contributed by atoms with Gasteiger partial charge in [0.2, 0.25) is 0 Å². The van der Waals surface area contributed by atoms with E-state index in [0.29, 0.717) is 19.8 Å². The molecule has 3 aromatic carbocycles. The molecular formula is C24H18ClIN2O5S. The minimum atomic E-state index is -4.10. The molecule has 0 aliphatic heterocycles. The molecule has 0 unspecified atom stereocenters. The molecular weight excluding hydrogens is 591 g/mol. The summed E-state index contributed by atoms with van der Waals surface area (Å²) < 4.78 is 36.8. The number of nitrogens with one attached hydrogen (secondary N) is 1. The topological polar surface area (TPSA) is 105 Å². The minimum Gasteiger partial charge on any atom is -0.490 e. The number of ether oxygens (including phenoxy) is 1. The van der Waals surface area contributed by atoms with Crippen LogP contribution in [0.5, 0.6) is 11.5 Å². The fraction of sp³-hybridized carbons (Fsp3) is 0.0833. The predicted molar refractivity (Wildman–Crippen MR) is 138 cm³/mol. The van der Waals surface area contributed by atoms with Crippen LogP contribution in [0.1, 0.15) is 12.5 Å². The molecule has 0 radical (unpaired) electrons. The number of rotatable bonds is 8. The van der Waals surface area contributed by atoms with Gasteiger partial charge in [-0.1, -0.05) is 35.9 Å². The van der Waals surface area contributed by atoms with Gasteiger partial charge in [-0.2, -0.15) is 13.7 Å². The van der Waals surface area contributed by atoms with Crippen LogP contribution in [0.3, 0.4) is 0 Å². The third-order valence-electron chi connectivity index (χ3n) is 4.32. The molecule has 0 aliphatic carbocycles. The molecule has 0 bridgehead atoms. The van der Waals surface area contributed by atoms with E-state index in [1.54, 1.807) is 55.5 Å². The van der Waals surface area contributed by atoms with E-state index < -0.39 is 16.0 Å².